The summed E-state index contributed by atoms with van der Waals surface area (Å²) in [5, 5.41) is 4.23. The van der Waals surface area contributed by atoms with E-state index in [-0.39, 0.29) is 0 Å². The third kappa shape index (κ3) is 5.66. The SMILES string of the molecule is CCCN(CC1CC1)C(=S)NCCCOC. The molecule has 0 aromatic heterocycles. The minimum atomic E-state index is 0.798. The van der Waals surface area contributed by atoms with Gasteiger partial charge >= 0.3 is 0 Å². The van der Waals surface area contributed by atoms with Crippen LogP contribution in [-0.2, 0) is 4.74 Å². The maximum atomic E-state index is 5.41. The molecule has 0 aromatic carbocycles. The number of hydrogen-bond acceptors (Lipinski definition) is 2. The number of thiocarbonyl (C=S) groups is 1. The van der Waals surface area contributed by atoms with Gasteiger partial charge in [0.1, 0.15) is 0 Å². The maximum absolute atomic E-state index is 5.41. The number of methoxy groups -OCH3 is 1. The Labute approximate surface area is 105 Å². The second kappa shape index (κ2) is 7.85. The van der Waals surface area contributed by atoms with Crippen molar-refractivity contribution in [3.8, 4) is 0 Å². The summed E-state index contributed by atoms with van der Waals surface area (Å²) >= 11 is 5.41. The van der Waals surface area contributed by atoms with E-state index < -0.39 is 0 Å². The van der Waals surface area contributed by atoms with Gasteiger partial charge in [-0.1, -0.05) is 6.92 Å². The van der Waals surface area contributed by atoms with Gasteiger partial charge < -0.3 is 15.0 Å². The molecule has 1 saturated carbocycles. The predicted octanol–water partition coefficient (Wildman–Crippen LogP) is 2.02. The molecule has 1 aliphatic carbocycles. The number of ether oxygens (including phenoxy) is 1. The van der Waals surface area contributed by atoms with E-state index in [1.807, 2.05) is 0 Å². The quantitative estimate of drug-likeness (QED) is 0.521. The van der Waals surface area contributed by atoms with Crippen molar-refractivity contribution in [1.82, 2.24) is 10.2 Å². The van der Waals surface area contributed by atoms with Crippen LogP contribution in [0.1, 0.15) is 32.6 Å². The van der Waals surface area contributed by atoms with Crippen molar-refractivity contribution in [2.75, 3.05) is 33.4 Å². The summed E-state index contributed by atoms with van der Waals surface area (Å²) in [5.74, 6) is 0.894. The minimum absolute atomic E-state index is 0.798. The Morgan fingerprint density at radius 2 is 2.25 bits per heavy atom. The highest BCUT2D eigenvalue weighted by atomic mass is 32.1. The molecule has 3 nitrogen and oxygen atoms in total. The zero-order valence-electron chi connectivity index (χ0n) is 10.5. The van der Waals surface area contributed by atoms with E-state index in [1.165, 1.54) is 12.8 Å². The Morgan fingerprint density at radius 3 is 2.81 bits per heavy atom. The first kappa shape index (κ1) is 13.7. The highest BCUT2D eigenvalue weighted by molar-refractivity contribution is 7.80. The Balaban J connectivity index is 2.17. The van der Waals surface area contributed by atoms with Crippen molar-refractivity contribution >= 4 is 17.3 Å². The van der Waals surface area contributed by atoms with Crippen LogP contribution in [-0.4, -0.2) is 43.4 Å². The van der Waals surface area contributed by atoms with Crippen LogP contribution in [0.25, 0.3) is 0 Å². The van der Waals surface area contributed by atoms with E-state index in [4.69, 9.17) is 17.0 Å². The summed E-state index contributed by atoms with van der Waals surface area (Å²) in [6.07, 6.45) is 4.94. The summed E-state index contributed by atoms with van der Waals surface area (Å²) in [6, 6.07) is 0. The van der Waals surface area contributed by atoms with Gasteiger partial charge in [-0.15, -0.1) is 0 Å². The second-order valence-electron chi connectivity index (χ2n) is 4.47. The molecule has 4 heteroatoms. The summed E-state index contributed by atoms with van der Waals surface area (Å²) in [7, 11) is 1.73. The lowest BCUT2D eigenvalue weighted by Gasteiger charge is -2.25. The number of hydrogen-bond donors (Lipinski definition) is 1. The lowest BCUT2D eigenvalue weighted by Crippen LogP contribution is -2.41. The number of nitrogens with one attached hydrogen (secondary N) is 1. The molecule has 1 aliphatic rings. The Hall–Kier alpha value is -0.350. The molecule has 0 heterocycles. The van der Waals surface area contributed by atoms with Crippen LogP contribution in [0, 0.1) is 5.92 Å². The van der Waals surface area contributed by atoms with Crippen LogP contribution in [0.2, 0.25) is 0 Å². The van der Waals surface area contributed by atoms with Crippen LogP contribution in [0.5, 0.6) is 0 Å². The van der Waals surface area contributed by atoms with Crippen molar-refractivity contribution in [2.45, 2.75) is 32.6 Å². The van der Waals surface area contributed by atoms with E-state index >= 15 is 0 Å². The average Bonchev–Trinajstić information content (AvgIpc) is 3.07. The van der Waals surface area contributed by atoms with Gasteiger partial charge in [-0.3, -0.25) is 0 Å². The molecule has 0 aliphatic heterocycles. The lowest BCUT2D eigenvalue weighted by atomic mass is 10.3. The fourth-order valence-corrected chi connectivity index (χ4v) is 1.95. The normalized spacial score (nSPS) is 14.9. The summed E-state index contributed by atoms with van der Waals surface area (Å²) < 4.78 is 5.01. The second-order valence-corrected chi connectivity index (χ2v) is 4.85. The molecule has 1 fully saturated rings. The molecule has 0 unspecified atom stereocenters. The largest absolute Gasteiger partial charge is 0.385 e. The van der Waals surface area contributed by atoms with Gasteiger partial charge in [0, 0.05) is 33.4 Å². The van der Waals surface area contributed by atoms with Gasteiger partial charge in [-0.05, 0) is 43.8 Å². The van der Waals surface area contributed by atoms with Gasteiger partial charge in [0.25, 0.3) is 0 Å². The molecule has 0 aromatic rings. The summed E-state index contributed by atoms with van der Waals surface area (Å²) in [4.78, 5) is 2.32. The van der Waals surface area contributed by atoms with Crippen molar-refractivity contribution in [2.24, 2.45) is 5.92 Å². The fraction of sp³-hybridized carbons (Fsp3) is 0.917. The van der Waals surface area contributed by atoms with Crippen molar-refractivity contribution in [1.29, 1.82) is 0 Å². The Kier molecular flexibility index (Phi) is 6.73. The molecule has 0 spiro atoms. The molecule has 1 N–H and O–H groups in total. The minimum Gasteiger partial charge on any atom is -0.385 e. The van der Waals surface area contributed by atoms with Gasteiger partial charge in [-0.25, -0.2) is 0 Å². The van der Waals surface area contributed by atoms with Crippen LogP contribution < -0.4 is 5.32 Å². The van der Waals surface area contributed by atoms with Crippen molar-refractivity contribution < 1.29 is 4.74 Å². The highest BCUT2D eigenvalue weighted by Gasteiger charge is 2.24. The molecule has 1 rings (SSSR count). The average molecular weight is 244 g/mol. The van der Waals surface area contributed by atoms with Gasteiger partial charge in [0.2, 0.25) is 0 Å². The maximum Gasteiger partial charge on any atom is 0.168 e. The Bertz CT molecular complexity index is 207. The molecule has 94 valence electrons. The standard InChI is InChI=1S/C12H24N2OS/c1-3-8-14(10-11-5-6-11)12(16)13-7-4-9-15-2/h11H,3-10H2,1-2H3,(H,13,16). The molecule has 16 heavy (non-hydrogen) atoms. The first-order valence-corrected chi connectivity index (χ1v) is 6.70. The summed E-state index contributed by atoms with van der Waals surface area (Å²) in [6.45, 7) is 6.13. The van der Waals surface area contributed by atoms with Gasteiger partial charge in [0.05, 0.1) is 0 Å². The first-order chi connectivity index (χ1) is 7.77. The van der Waals surface area contributed by atoms with Crippen LogP contribution in [0.3, 0.4) is 0 Å². The van der Waals surface area contributed by atoms with E-state index in [9.17, 15) is 0 Å². The van der Waals surface area contributed by atoms with Crippen LogP contribution >= 0.6 is 12.2 Å². The van der Waals surface area contributed by atoms with Crippen LogP contribution in [0.4, 0.5) is 0 Å². The monoisotopic (exact) mass is 244 g/mol. The van der Waals surface area contributed by atoms with Crippen molar-refractivity contribution in [3.63, 3.8) is 0 Å². The fourth-order valence-electron chi connectivity index (χ4n) is 1.68. The Morgan fingerprint density at radius 1 is 1.50 bits per heavy atom. The van der Waals surface area contributed by atoms with Crippen LogP contribution in [0.15, 0.2) is 0 Å². The van der Waals surface area contributed by atoms with Gasteiger partial charge in [0.15, 0.2) is 5.11 Å². The van der Waals surface area contributed by atoms with E-state index in [2.05, 4.69) is 17.1 Å². The number of nitrogens with zero attached hydrogens (tertiary/aromatic N) is 1. The highest BCUT2D eigenvalue weighted by Crippen LogP contribution is 2.29. The molecule has 0 radical (unpaired) electrons. The zero-order valence-corrected chi connectivity index (χ0v) is 11.3. The predicted molar refractivity (Wildman–Crippen MR) is 71.7 cm³/mol. The zero-order chi connectivity index (χ0) is 11.8. The van der Waals surface area contributed by atoms with E-state index in [1.54, 1.807) is 7.11 Å². The molecule has 0 atom stereocenters. The summed E-state index contributed by atoms with van der Waals surface area (Å²) in [5.41, 5.74) is 0. The smallest absolute Gasteiger partial charge is 0.168 e. The molecule has 0 saturated heterocycles. The topological polar surface area (TPSA) is 24.5 Å². The molecule has 0 bridgehead atoms. The lowest BCUT2D eigenvalue weighted by molar-refractivity contribution is 0.195. The third-order valence-corrected chi connectivity index (χ3v) is 3.16. The number of rotatable bonds is 8. The molecular formula is C12H24N2OS. The third-order valence-electron chi connectivity index (χ3n) is 2.76. The van der Waals surface area contributed by atoms with Gasteiger partial charge in [-0.2, -0.15) is 0 Å². The van der Waals surface area contributed by atoms with Crippen molar-refractivity contribution in [3.05, 3.63) is 0 Å². The molecular weight excluding hydrogens is 220 g/mol. The van der Waals surface area contributed by atoms with E-state index in [0.717, 1.165) is 50.1 Å². The van der Waals surface area contributed by atoms with E-state index in [0.29, 0.717) is 0 Å². The molecule has 0 amide bonds. The first-order valence-electron chi connectivity index (χ1n) is 6.29.